The molecule has 0 aliphatic heterocycles. The fourth-order valence-corrected chi connectivity index (χ4v) is 0.572. The number of hydrogen-bond acceptors (Lipinski definition) is 3. The molecule has 4 heteroatoms. The van der Waals surface area contributed by atoms with Crippen molar-refractivity contribution in [3.8, 4) is 0 Å². The SMILES string of the molecule is C=CCOC(=O)n1ccnc1. The van der Waals surface area contributed by atoms with Gasteiger partial charge < -0.3 is 4.74 Å². The number of rotatable bonds is 2. The monoisotopic (exact) mass is 152 g/mol. The first-order valence-corrected chi connectivity index (χ1v) is 3.10. The van der Waals surface area contributed by atoms with Crippen LogP contribution in [0.3, 0.4) is 0 Å². The van der Waals surface area contributed by atoms with Gasteiger partial charge in [0.2, 0.25) is 0 Å². The molecule has 0 unspecified atom stereocenters. The van der Waals surface area contributed by atoms with Crippen LogP contribution in [0.25, 0.3) is 0 Å². The highest BCUT2D eigenvalue weighted by Gasteiger charge is 2.01. The Labute approximate surface area is 64.1 Å². The molecular formula is C7H8N2O2. The van der Waals surface area contributed by atoms with E-state index in [-0.39, 0.29) is 6.61 Å². The van der Waals surface area contributed by atoms with Crippen molar-refractivity contribution < 1.29 is 9.53 Å². The lowest BCUT2D eigenvalue weighted by molar-refractivity contribution is 0.160. The van der Waals surface area contributed by atoms with Gasteiger partial charge in [0.05, 0.1) is 0 Å². The highest BCUT2D eigenvalue weighted by Crippen LogP contribution is 1.89. The van der Waals surface area contributed by atoms with Crippen molar-refractivity contribution in [2.75, 3.05) is 6.61 Å². The van der Waals surface area contributed by atoms with Gasteiger partial charge in [-0.3, -0.25) is 0 Å². The Kier molecular flexibility index (Phi) is 2.43. The zero-order valence-electron chi connectivity index (χ0n) is 5.93. The molecule has 1 heterocycles. The Morgan fingerprint density at radius 3 is 3.18 bits per heavy atom. The third-order valence-electron chi connectivity index (χ3n) is 1.04. The van der Waals surface area contributed by atoms with Crippen molar-refractivity contribution in [1.82, 2.24) is 9.55 Å². The summed E-state index contributed by atoms with van der Waals surface area (Å²) in [5, 5.41) is 0. The van der Waals surface area contributed by atoms with E-state index in [2.05, 4.69) is 11.6 Å². The van der Waals surface area contributed by atoms with E-state index in [0.29, 0.717) is 0 Å². The molecule has 0 spiro atoms. The van der Waals surface area contributed by atoms with Crippen LogP contribution in [0.1, 0.15) is 0 Å². The first-order valence-electron chi connectivity index (χ1n) is 3.10. The van der Waals surface area contributed by atoms with Gasteiger partial charge in [0.1, 0.15) is 12.9 Å². The minimum Gasteiger partial charge on any atom is -0.445 e. The van der Waals surface area contributed by atoms with Gasteiger partial charge >= 0.3 is 6.09 Å². The second-order valence-corrected chi connectivity index (χ2v) is 1.84. The van der Waals surface area contributed by atoms with Gasteiger partial charge in [0, 0.05) is 12.4 Å². The van der Waals surface area contributed by atoms with Gasteiger partial charge in [-0.1, -0.05) is 12.7 Å². The fourth-order valence-electron chi connectivity index (χ4n) is 0.572. The van der Waals surface area contributed by atoms with E-state index in [1.54, 1.807) is 0 Å². The van der Waals surface area contributed by atoms with Gasteiger partial charge in [-0.25, -0.2) is 14.3 Å². The molecule has 0 amide bonds. The molecule has 1 rings (SSSR count). The average molecular weight is 152 g/mol. The van der Waals surface area contributed by atoms with Crippen LogP contribution >= 0.6 is 0 Å². The van der Waals surface area contributed by atoms with Crippen molar-refractivity contribution in [3.63, 3.8) is 0 Å². The van der Waals surface area contributed by atoms with Crippen LogP contribution in [0.15, 0.2) is 31.4 Å². The van der Waals surface area contributed by atoms with E-state index in [1.807, 2.05) is 0 Å². The maximum absolute atomic E-state index is 10.9. The standard InChI is InChI=1S/C7H8N2O2/c1-2-5-11-7(10)9-4-3-8-6-9/h2-4,6H,1,5H2. The lowest BCUT2D eigenvalue weighted by Gasteiger charge is -1.99. The van der Waals surface area contributed by atoms with Crippen LogP contribution in [0, 0.1) is 0 Å². The number of ether oxygens (including phenoxy) is 1. The third-order valence-corrected chi connectivity index (χ3v) is 1.04. The third kappa shape index (κ3) is 1.93. The maximum atomic E-state index is 10.9. The topological polar surface area (TPSA) is 44.1 Å². The first kappa shape index (κ1) is 7.53. The normalized spacial score (nSPS) is 9.09. The number of hydrogen-bond donors (Lipinski definition) is 0. The van der Waals surface area contributed by atoms with Gasteiger partial charge in [-0.05, 0) is 0 Å². The summed E-state index contributed by atoms with van der Waals surface area (Å²) in [7, 11) is 0. The molecule has 0 aromatic carbocycles. The summed E-state index contributed by atoms with van der Waals surface area (Å²) < 4.78 is 5.96. The Hall–Kier alpha value is -1.58. The zero-order chi connectivity index (χ0) is 8.10. The molecule has 0 atom stereocenters. The summed E-state index contributed by atoms with van der Waals surface area (Å²) in [4.78, 5) is 14.6. The minimum atomic E-state index is -0.442. The summed E-state index contributed by atoms with van der Waals surface area (Å²) in [6.07, 6.45) is 5.48. The summed E-state index contributed by atoms with van der Waals surface area (Å²) in [5.41, 5.74) is 0. The van der Waals surface area contributed by atoms with E-state index in [1.165, 1.54) is 29.4 Å². The van der Waals surface area contributed by atoms with Crippen LogP contribution in [-0.2, 0) is 4.74 Å². The van der Waals surface area contributed by atoms with Crippen LogP contribution in [0.5, 0.6) is 0 Å². The molecule has 0 fully saturated rings. The molecule has 0 bridgehead atoms. The highest BCUT2D eigenvalue weighted by atomic mass is 16.5. The van der Waals surface area contributed by atoms with Crippen molar-refractivity contribution in [2.24, 2.45) is 0 Å². The quantitative estimate of drug-likeness (QED) is 0.595. The van der Waals surface area contributed by atoms with E-state index in [9.17, 15) is 4.79 Å². The molecule has 4 nitrogen and oxygen atoms in total. The molecule has 0 aliphatic rings. The van der Waals surface area contributed by atoms with Crippen molar-refractivity contribution in [3.05, 3.63) is 31.4 Å². The molecule has 0 saturated heterocycles. The molecule has 1 aromatic heterocycles. The number of carbonyl (C=O) groups excluding carboxylic acids is 1. The van der Waals surface area contributed by atoms with E-state index in [0.717, 1.165) is 0 Å². The number of carbonyl (C=O) groups is 1. The number of nitrogens with zero attached hydrogens (tertiary/aromatic N) is 2. The van der Waals surface area contributed by atoms with Crippen molar-refractivity contribution in [1.29, 1.82) is 0 Å². The average Bonchev–Trinajstić information content (AvgIpc) is 2.52. The molecule has 58 valence electrons. The fraction of sp³-hybridized carbons (Fsp3) is 0.143. The lowest BCUT2D eigenvalue weighted by atomic mass is 10.7. The van der Waals surface area contributed by atoms with Crippen LogP contribution in [-0.4, -0.2) is 22.3 Å². The van der Waals surface area contributed by atoms with E-state index in [4.69, 9.17) is 4.74 Å². The summed E-state index contributed by atoms with van der Waals surface area (Å²) in [5.74, 6) is 0. The molecule has 1 aromatic rings. The van der Waals surface area contributed by atoms with E-state index >= 15 is 0 Å². The summed E-state index contributed by atoms with van der Waals surface area (Å²) >= 11 is 0. The van der Waals surface area contributed by atoms with Gasteiger partial charge in [0.25, 0.3) is 0 Å². The van der Waals surface area contributed by atoms with Crippen LogP contribution in [0.2, 0.25) is 0 Å². The van der Waals surface area contributed by atoms with Gasteiger partial charge in [0.15, 0.2) is 0 Å². The Morgan fingerprint density at radius 1 is 1.82 bits per heavy atom. The maximum Gasteiger partial charge on any atom is 0.419 e. The second kappa shape index (κ2) is 3.55. The van der Waals surface area contributed by atoms with Crippen molar-refractivity contribution >= 4 is 6.09 Å². The molecular weight excluding hydrogens is 144 g/mol. The Bertz CT molecular complexity index is 241. The van der Waals surface area contributed by atoms with E-state index < -0.39 is 6.09 Å². The predicted molar refractivity (Wildman–Crippen MR) is 39.2 cm³/mol. The van der Waals surface area contributed by atoms with Crippen molar-refractivity contribution in [2.45, 2.75) is 0 Å². The second-order valence-electron chi connectivity index (χ2n) is 1.84. The van der Waals surface area contributed by atoms with Crippen LogP contribution < -0.4 is 0 Å². The van der Waals surface area contributed by atoms with Crippen LogP contribution in [0.4, 0.5) is 4.79 Å². The first-order chi connectivity index (χ1) is 5.34. The van der Waals surface area contributed by atoms with Gasteiger partial charge in [-0.15, -0.1) is 0 Å². The minimum absolute atomic E-state index is 0.219. The number of imidazole rings is 1. The molecule has 0 saturated carbocycles. The summed E-state index contributed by atoms with van der Waals surface area (Å²) in [6, 6.07) is 0. The molecule has 0 aliphatic carbocycles. The Morgan fingerprint density at radius 2 is 2.64 bits per heavy atom. The smallest absolute Gasteiger partial charge is 0.419 e. The molecule has 0 radical (unpaired) electrons. The zero-order valence-corrected chi connectivity index (χ0v) is 5.93. The number of aromatic nitrogens is 2. The summed E-state index contributed by atoms with van der Waals surface area (Å²) in [6.45, 7) is 3.63. The highest BCUT2D eigenvalue weighted by molar-refractivity contribution is 5.69. The molecule has 11 heavy (non-hydrogen) atoms. The Balaban J connectivity index is 2.49. The molecule has 0 N–H and O–H groups in total. The van der Waals surface area contributed by atoms with Gasteiger partial charge in [-0.2, -0.15) is 0 Å². The predicted octanol–water partition coefficient (Wildman–Crippen LogP) is 1.05. The lowest BCUT2D eigenvalue weighted by Crippen LogP contribution is -2.11. The largest absolute Gasteiger partial charge is 0.445 e.